The third kappa shape index (κ3) is 3.42. The zero-order valence-electron chi connectivity index (χ0n) is 13.2. The van der Waals surface area contributed by atoms with E-state index >= 15 is 0 Å². The summed E-state index contributed by atoms with van der Waals surface area (Å²) in [5, 5.41) is 11.4. The minimum atomic E-state index is -0.799. The van der Waals surface area contributed by atoms with Gasteiger partial charge in [0.1, 0.15) is 0 Å². The Labute approximate surface area is 150 Å². The van der Waals surface area contributed by atoms with Gasteiger partial charge in [-0.15, -0.1) is 0 Å². The number of benzene rings is 2. The van der Waals surface area contributed by atoms with Crippen molar-refractivity contribution < 1.29 is 9.90 Å². The number of carboxylic acid groups (broad SMARTS) is 1. The van der Waals surface area contributed by atoms with Crippen LogP contribution in [0.3, 0.4) is 0 Å². The third-order valence-corrected chi connectivity index (χ3v) is 4.86. The summed E-state index contributed by atoms with van der Waals surface area (Å²) in [7, 11) is 0. The predicted octanol–water partition coefficient (Wildman–Crippen LogP) is 5.39. The molecular formula is C19H17Cl2NO2. The van der Waals surface area contributed by atoms with Crippen LogP contribution in [0.1, 0.15) is 28.8 Å². The van der Waals surface area contributed by atoms with Gasteiger partial charge in [0, 0.05) is 26.6 Å². The summed E-state index contributed by atoms with van der Waals surface area (Å²) in [5.41, 5.74) is 5.18. The van der Waals surface area contributed by atoms with Crippen LogP contribution in [0.2, 0.25) is 10.0 Å². The van der Waals surface area contributed by atoms with Gasteiger partial charge in [-0.05, 0) is 60.7 Å². The molecule has 0 atom stereocenters. The summed E-state index contributed by atoms with van der Waals surface area (Å²) in [5.74, 6) is -0.799. The number of fused-ring (bicyclic) bond motifs is 1. The Kier molecular flexibility index (Phi) is 4.83. The second kappa shape index (κ2) is 6.88. The smallest absolute Gasteiger partial charge is 0.303 e. The van der Waals surface area contributed by atoms with E-state index < -0.39 is 5.97 Å². The fourth-order valence-electron chi connectivity index (χ4n) is 3.02. The molecule has 0 saturated carbocycles. The van der Waals surface area contributed by atoms with Gasteiger partial charge in [-0.1, -0.05) is 35.3 Å². The van der Waals surface area contributed by atoms with Crippen molar-refractivity contribution in [2.75, 3.05) is 0 Å². The van der Waals surface area contributed by atoms with Gasteiger partial charge in [0.15, 0.2) is 0 Å². The van der Waals surface area contributed by atoms with Crippen molar-refractivity contribution in [1.29, 1.82) is 0 Å². The van der Waals surface area contributed by atoms with E-state index in [1.807, 2.05) is 43.3 Å². The number of carbonyl (C=O) groups is 1. The largest absolute Gasteiger partial charge is 0.481 e. The maximum atomic E-state index is 10.8. The minimum absolute atomic E-state index is 0.105. The lowest BCUT2D eigenvalue weighted by Gasteiger charge is -2.08. The van der Waals surface area contributed by atoms with E-state index in [4.69, 9.17) is 28.3 Å². The van der Waals surface area contributed by atoms with Gasteiger partial charge >= 0.3 is 5.97 Å². The standard InChI is InChI=1S/C19H17Cl2NO2/c1-11-16(8-9-18(23)24)22-17-7-6-15(21)14(19(11)17)10-12-2-4-13(20)5-3-12/h2-7,22H,8-10H2,1H3,(H,23,24). The van der Waals surface area contributed by atoms with Crippen LogP contribution in [0.5, 0.6) is 0 Å². The zero-order chi connectivity index (χ0) is 17.3. The first-order valence-electron chi connectivity index (χ1n) is 7.70. The summed E-state index contributed by atoms with van der Waals surface area (Å²) in [6.45, 7) is 2.01. The minimum Gasteiger partial charge on any atom is -0.481 e. The molecule has 0 spiro atoms. The SMILES string of the molecule is Cc1c(CCC(=O)O)[nH]c2ccc(Cl)c(Cc3ccc(Cl)cc3)c12. The number of aromatic nitrogens is 1. The Morgan fingerprint density at radius 1 is 1.12 bits per heavy atom. The van der Waals surface area contributed by atoms with Crippen molar-refractivity contribution in [3.05, 3.63) is 68.8 Å². The maximum absolute atomic E-state index is 10.8. The van der Waals surface area contributed by atoms with E-state index in [2.05, 4.69) is 4.98 Å². The van der Waals surface area contributed by atoms with Crippen molar-refractivity contribution in [3.63, 3.8) is 0 Å². The van der Waals surface area contributed by atoms with Gasteiger partial charge in [0.25, 0.3) is 0 Å². The molecule has 3 aromatic rings. The van der Waals surface area contributed by atoms with E-state index in [1.165, 1.54) is 0 Å². The molecule has 0 amide bonds. The van der Waals surface area contributed by atoms with Gasteiger partial charge < -0.3 is 10.1 Å². The van der Waals surface area contributed by atoms with Crippen LogP contribution in [-0.4, -0.2) is 16.1 Å². The van der Waals surface area contributed by atoms with Crippen molar-refractivity contribution in [3.8, 4) is 0 Å². The monoisotopic (exact) mass is 361 g/mol. The lowest BCUT2D eigenvalue weighted by Crippen LogP contribution is -1.98. The molecule has 0 saturated heterocycles. The van der Waals surface area contributed by atoms with E-state index in [9.17, 15) is 4.79 Å². The van der Waals surface area contributed by atoms with Crippen molar-refractivity contribution >= 4 is 40.1 Å². The average molecular weight is 362 g/mol. The number of aliphatic carboxylic acids is 1. The number of aryl methyl sites for hydroxylation is 2. The molecule has 1 heterocycles. The van der Waals surface area contributed by atoms with Gasteiger partial charge in [-0.3, -0.25) is 4.79 Å². The number of aromatic amines is 1. The third-order valence-electron chi connectivity index (χ3n) is 4.25. The first-order valence-corrected chi connectivity index (χ1v) is 8.46. The van der Waals surface area contributed by atoms with Crippen LogP contribution < -0.4 is 0 Å². The second-order valence-corrected chi connectivity index (χ2v) is 6.72. The first kappa shape index (κ1) is 16.9. The Morgan fingerprint density at radius 2 is 1.83 bits per heavy atom. The average Bonchev–Trinajstić information content (AvgIpc) is 2.87. The van der Waals surface area contributed by atoms with Crippen LogP contribution in [0.4, 0.5) is 0 Å². The molecule has 1 aromatic heterocycles. The molecule has 0 unspecified atom stereocenters. The molecule has 24 heavy (non-hydrogen) atoms. The fourth-order valence-corrected chi connectivity index (χ4v) is 3.37. The molecule has 0 aliphatic carbocycles. The second-order valence-electron chi connectivity index (χ2n) is 5.87. The van der Waals surface area contributed by atoms with Gasteiger partial charge in [-0.2, -0.15) is 0 Å². The van der Waals surface area contributed by atoms with E-state index in [0.717, 1.165) is 33.3 Å². The van der Waals surface area contributed by atoms with Crippen LogP contribution in [0.25, 0.3) is 10.9 Å². The van der Waals surface area contributed by atoms with Crippen LogP contribution in [0, 0.1) is 6.92 Å². The van der Waals surface area contributed by atoms with Gasteiger partial charge in [0.05, 0.1) is 6.42 Å². The number of hydrogen-bond donors (Lipinski definition) is 2. The first-order chi connectivity index (χ1) is 11.5. The molecule has 2 aromatic carbocycles. The van der Waals surface area contributed by atoms with Crippen LogP contribution in [-0.2, 0) is 17.6 Å². The number of carboxylic acids is 1. The summed E-state index contributed by atoms with van der Waals surface area (Å²) in [6, 6.07) is 11.5. The molecule has 0 aliphatic heterocycles. The Hall–Kier alpha value is -1.97. The topological polar surface area (TPSA) is 53.1 Å². The number of H-pyrrole nitrogens is 1. The molecule has 0 radical (unpaired) electrons. The molecule has 124 valence electrons. The highest BCUT2D eigenvalue weighted by molar-refractivity contribution is 6.32. The lowest BCUT2D eigenvalue weighted by atomic mass is 9.98. The van der Waals surface area contributed by atoms with E-state index in [0.29, 0.717) is 22.9 Å². The summed E-state index contributed by atoms with van der Waals surface area (Å²) in [6.07, 6.45) is 1.28. The zero-order valence-corrected chi connectivity index (χ0v) is 14.7. The van der Waals surface area contributed by atoms with E-state index in [-0.39, 0.29) is 6.42 Å². The highest BCUT2D eigenvalue weighted by Gasteiger charge is 2.15. The number of hydrogen-bond acceptors (Lipinski definition) is 1. The lowest BCUT2D eigenvalue weighted by molar-refractivity contribution is -0.136. The fraction of sp³-hybridized carbons (Fsp3) is 0.211. The summed E-state index contributed by atoms with van der Waals surface area (Å²) < 4.78 is 0. The van der Waals surface area contributed by atoms with Crippen molar-refractivity contribution in [2.45, 2.75) is 26.2 Å². The molecule has 0 bridgehead atoms. The Morgan fingerprint density at radius 3 is 2.50 bits per heavy atom. The summed E-state index contributed by atoms with van der Waals surface area (Å²) in [4.78, 5) is 14.2. The molecular weight excluding hydrogens is 345 g/mol. The Balaban J connectivity index is 2.04. The molecule has 0 aliphatic rings. The summed E-state index contributed by atoms with van der Waals surface area (Å²) >= 11 is 12.4. The number of halogens is 2. The number of nitrogens with one attached hydrogen (secondary N) is 1. The quantitative estimate of drug-likeness (QED) is 0.639. The predicted molar refractivity (Wildman–Crippen MR) is 98.3 cm³/mol. The van der Waals surface area contributed by atoms with Crippen LogP contribution in [0.15, 0.2) is 36.4 Å². The van der Waals surface area contributed by atoms with Gasteiger partial charge in [-0.25, -0.2) is 0 Å². The molecule has 5 heteroatoms. The highest BCUT2D eigenvalue weighted by atomic mass is 35.5. The van der Waals surface area contributed by atoms with Crippen LogP contribution >= 0.6 is 23.2 Å². The van der Waals surface area contributed by atoms with Crippen molar-refractivity contribution in [2.24, 2.45) is 0 Å². The van der Waals surface area contributed by atoms with E-state index in [1.54, 1.807) is 0 Å². The van der Waals surface area contributed by atoms with Gasteiger partial charge in [0.2, 0.25) is 0 Å². The molecule has 2 N–H and O–H groups in total. The maximum Gasteiger partial charge on any atom is 0.303 e. The Bertz CT molecular complexity index is 898. The normalized spacial score (nSPS) is 11.1. The highest BCUT2D eigenvalue weighted by Crippen LogP contribution is 2.32. The molecule has 3 nitrogen and oxygen atoms in total. The van der Waals surface area contributed by atoms with Crippen molar-refractivity contribution in [1.82, 2.24) is 4.98 Å². The molecule has 0 fully saturated rings. The number of rotatable bonds is 5. The molecule has 3 rings (SSSR count).